The smallest absolute Gasteiger partial charge is 0.354 e. The summed E-state index contributed by atoms with van der Waals surface area (Å²) in [5.74, 6) is 0.0875. The Morgan fingerprint density at radius 2 is 1.76 bits per heavy atom. The molecule has 2 saturated heterocycles. The van der Waals surface area contributed by atoms with E-state index < -0.39 is 5.97 Å². The van der Waals surface area contributed by atoms with Crippen molar-refractivity contribution in [3.8, 4) is 5.69 Å². The molecule has 2 aromatic heterocycles. The molecule has 8 heteroatoms. The normalized spacial score (nSPS) is 20.4. The van der Waals surface area contributed by atoms with E-state index in [9.17, 15) is 9.90 Å². The number of aromatic carboxylic acids is 1. The van der Waals surface area contributed by atoms with E-state index in [4.69, 9.17) is 9.84 Å². The van der Waals surface area contributed by atoms with Gasteiger partial charge in [0.1, 0.15) is 0 Å². The van der Waals surface area contributed by atoms with Crippen LogP contribution < -0.4 is 4.90 Å². The Kier molecular flexibility index (Phi) is 6.86. The molecule has 37 heavy (non-hydrogen) atoms. The van der Waals surface area contributed by atoms with Crippen LogP contribution in [0.4, 0.5) is 5.69 Å². The van der Waals surface area contributed by atoms with Gasteiger partial charge in [0.25, 0.3) is 0 Å². The highest BCUT2D eigenvalue weighted by atomic mass is 16.5. The van der Waals surface area contributed by atoms with Gasteiger partial charge in [-0.15, -0.1) is 0 Å². The molecule has 1 aliphatic carbocycles. The summed E-state index contributed by atoms with van der Waals surface area (Å²) in [5, 5.41) is 16.0. The van der Waals surface area contributed by atoms with Crippen LogP contribution in [-0.4, -0.2) is 76.7 Å². The molecule has 3 aliphatic rings. The summed E-state index contributed by atoms with van der Waals surface area (Å²) in [4.78, 5) is 21.8. The minimum Gasteiger partial charge on any atom is -0.477 e. The number of hydrogen-bond donors (Lipinski definition) is 1. The van der Waals surface area contributed by atoms with Crippen molar-refractivity contribution >= 4 is 22.7 Å². The van der Waals surface area contributed by atoms with Gasteiger partial charge in [0.15, 0.2) is 11.3 Å². The Morgan fingerprint density at radius 1 is 1.03 bits per heavy atom. The van der Waals surface area contributed by atoms with Crippen molar-refractivity contribution in [2.45, 2.75) is 57.0 Å². The maximum Gasteiger partial charge on any atom is 0.354 e. The molecule has 0 amide bonds. The number of carboxylic acids is 1. The molecule has 3 fully saturated rings. The van der Waals surface area contributed by atoms with Crippen molar-refractivity contribution in [2.24, 2.45) is 5.92 Å². The third-order valence-corrected chi connectivity index (χ3v) is 8.70. The third-order valence-electron chi connectivity index (χ3n) is 8.70. The monoisotopic (exact) mass is 503 g/mol. The number of nitrogens with zero attached hydrogens (tertiary/aromatic N) is 5. The molecule has 0 bridgehead atoms. The molecule has 0 atom stereocenters. The largest absolute Gasteiger partial charge is 0.477 e. The van der Waals surface area contributed by atoms with Gasteiger partial charge in [-0.2, -0.15) is 5.10 Å². The Morgan fingerprint density at radius 3 is 2.38 bits per heavy atom. The molecule has 6 rings (SSSR count). The molecule has 0 spiro atoms. The first-order valence-electron chi connectivity index (χ1n) is 13.8. The fourth-order valence-electron chi connectivity index (χ4n) is 6.25. The second-order valence-electron chi connectivity index (χ2n) is 11.0. The van der Waals surface area contributed by atoms with Crippen molar-refractivity contribution in [1.82, 2.24) is 19.7 Å². The number of hydrogen-bond acceptors (Lipinski definition) is 6. The molecule has 3 aromatic rings. The van der Waals surface area contributed by atoms with Gasteiger partial charge in [0, 0.05) is 45.8 Å². The van der Waals surface area contributed by atoms with Crippen LogP contribution in [0.5, 0.6) is 0 Å². The van der Waals surface area contributed by atoms with Crippen molar-refractivity contribution in [3.63, 3.8) is 0 Å². The predicted octanol–water partition coefficient (Wildman–Crippen LogP) is 4.71. The number of aromatic nitrogens is 3. The Bertz CT molecular complexity index is 1240. The van der Waals surface area contributed by atoms with Gasteiger partial charge >= 0.3 is 5.97 Å². The zero-order chi connectivity index (χ0) is 25.4. The summed E-state index contributed by atoms with van der Waals surface area (Å²) in [6, 6.07) is 11.7. The number of methoxy groups -OCH3 is 1. The zero-order valence-electron chi connectivity index (χ0n) is 21.7. The summed E-state index contributed by atoms with van der Waals surface area (Å²) in [6.07, 6.45) is 8.36. The van der Waals surface area contributed by atoms with Crippen LogP contribution in [0.1, 0.15) is 67.0 Å². The fraction of sp³-hybridized carbons (Fsp3) is 0.552. The molecule has 2 aliphatic heterocycles. The number of para-hydroxylation sites is 1. The zero-order valence-corrected chi connectivity index (χ0v) is 21.7. The number of piperidine rings is 2. The average Bonchev–Trinajstić information content (AvgIpc) is 3.27. The molecule has 1 saturated carbocycles. The van der Waals surface area contributed by atoms with Gasteiger partial charge in [-0.3, -0.25) is 0 Å². The summed E-state index contributed by atoms with van der Waals surface area (Å²) in [5.41, 5.74) is 3.72. The van der Waals surface area contributed by atoms with Crippen molar-refractivity contribution < 1.29 is 14.6 Å². The first-order chi connectivity index (χ1) is 18.1. The second-order valence-corrected chi connectivity index (χ2v) is 11.0. The van der Waals surface area contributed by atoms with Crippen LogP contribution >= 0.6 is 0 Å². The van der Waals surface area contributed by atoms with Gasteiger partial charge in [-0.05, 0) is 62.6 Å². The third kappa shape index (κ3) is 4.84. The molecular formula is C29H37N5O3. The molecule has 8 nitrogen and oxygen atoms in total. The molecular weight excluding hydrogens is 466 g/mol. The minimum absolute atomic E-state index is 0.0860. The second kappa shape index (κ2) is 10.4. The van der Waals surface area contributed by atoms with Gasteiger partial charge in [-0.1, -0.05) is 24.6 Å². The van der Waals surface area contributed by atoms with Crippen LogP contribution in [0, 0.1) is 5.92 Å². The topological polar surface area (TPSA) is 83.7 Å². The Labute approximate surface area is 218 Å². The van der Waals surface area contributed by atoms with E-state index in [1.807, 2.05) is 42.1 Å². The Balaban J connectivity index is 1.30. The molecule has 196 valence electrons. The Hall–Kier alpha value is -2.97. The number of anilines is 1. The van der Waals surface area contributed by atoms with E-state index in [2.05, 4.69) is 14.8 Å². The fourth-order valence-corrected chi connectivity index (χ4v) is 6.25. The van der Waals surface area contributed by atoms with E-state index in [1.165, 1.54) is 6.42 Å². The number of carbonyl (C=O) groups is 1. The first-order valence-corrected chi connectivity index (χ1v) is 13.8. The van der Waals surface area contributed by atoms with Crippen molar-refractivity contribution in [3.05, 3.63) is 47.8 Å². The maximum absolute atomic E-state index is 12.1. The van der Waals surface area contributed by atoms with E-state index in [1.54, 1.807) is 6.07 Å². The molecule has 4 heterocycles. The van der Waals surface area contributed by atoms with Crippen molar-refractivity contribution in [2.75, 3.05) is 44.7 Å². The minimum atomic E-state index is -0.997. The molecule has 1 aromatic carbocycles. The summed E-state index contributed by atoms with van der Waals surface area (Å²) >= 11 is 0. The highest BCUT2D eigenvalue weighted by molar-refractivity contribution is 5.98. The van der Waals surface area contributed by atoms with Crippen LogP contribution in [-0.2, 0) is 4.74 Å². The number of carboxylic acid groups (broad SMARTS) is 1. The number of fused-ring (bicyclic) bond motifs is 1. The SMILES string of the molecule is COC1CCN(CC2CCN(c3cc(C(=O)O)nc4c3c(C3CCC3)nn4-c3ccccc3)CC2)CC1. The number of benzene rings is 1. The van der Waals surface area contributed by atoms with E-state index in [0.717, 1.165) is 93.7 Å². The van der Waals surface area contributed by atoms with Crippen LogP contribution in [0.3, 0.4) is 0 Å². The van der Waals surface area contributed by atoms with Crippen LogP contribution in [0.25, 0.3) is 16.7 Å². The van der Waals surface area contributed by atoms with E-state index >= 15 is 0 Å². The molecule has 0 unspecified atom stereocenters. The number of pyridine rings is 1. The van der Waals surface area contributed by atoms with E-state index in [0.29, 0.717) is 23.6 Å². The quantitative estimate of drug-likeness (QED) is 0.500. The number of ether oxygens (including phenoxy) is 1. The lowest BCUT2D eigenvalue weighted by Gasteiger charge is -2.38. The summed E-state index contributed by atoms with van der Waals surface area (Å²) in [7, 11) is 1.82. The first kappa shape index (κ1) is 24.4. The lowest BCUT2D eigenvalue weighted by Crippen LogP contribution is -2.42. The van der Waals surface area contributed by atoms with Crippen LogP contribution in [0.15, 0.2) is 36.4 Å². The maximum atomic E-state index is 12.1. The number of rotatable bonds is 7. The van der Waals surface area contributed by atoms with Gasteiger partial charge in [0.2, 0.25) is 0 Å². The van der Waals surface area contributed by atoms with Gasteiger partial charge in [-0.25, -0.2) is 14.5 Å². The molecule has 1 N–H and O–H groups in total. The van der Waals surface area contributed by atoms with Crippen molar-refractivity contribution in [1.29, 1.82) is 0 Å². The standard InChI is InChI=1S/C29H37N5O3/c1-37-23-12-14-32(15-13-23)19-20-10-16-33(17-11-20)25-18-24(29(35)36)30-28-26(25)27(21-6-5-7-21)31-34(28)22-8-3-2-4-9-22/h2-4,8-9,18,20-21,23H,5-7,10-17,19H2,1H3,(H,35,36). The lowest BCUT2D eigenvalue weighted by molar-refractivity contribution is 0.0353. The average molecular weight is 504 g/mol. The summed E-state index contributed by atoms with van der Waals surface area (Å²) < 4.78 is 7.39. The predicted molar refractivity (Wildman–Crippen MR) is 144 cm³/mol. The molecule has 0 radical (unpaired) electrons. The highest BCUT2D eigenvalue weighted by Gasteiger charge is 2.32. The highest BCUT2D eigenvalue weighted by Crippen LogP contribution is 2.43. The van der Waals surface area contributed by atoms with Gasteiger partial charge < -0.3 is 19.6 Å². The summed E-state index contributed by atoms with van der Waals surface area (Å²) in [6.45, 7) is 5.25. The van der Waals surface area contributed by atoms with Crippen LogP contribution in [0.2, 0.25) is 0 Å². The number of likely N-dealkylation sites (tertiary alicyclic amines) is 1. The lowest BCUT2D eigenvalue weighted by atomic mass is 9.81. The van der Waals surface area contributed by atoms with E-state index in [-0.39, 0.29) is 5.69 Å². The van der Waals surface area contributed by atoms with Gasteiger partial charge in [0.05, 0.1) is 28.6 Å².